The molecule has 64 heavy (non-hydrogen) atoms. The molecule has 1 N–H and O–H groups in total. The number of allylic oxidation sites excluding steroid dienone is 5. The van der Waals surface area contributed by atoms with Gasteiger partial charge in [0.25, 0.3) is 0 Å². The van der Waals surface area contributed by atoms with Crippen LogP contribution in [-0.4, -0.2) is 65.4 Å². The first-order valence-corrected chi connectivity index (χ1v) is 26.2. The molecule has 0 bridgehead atoms. The normalized spacial score (nSPS) is 37.3. The SMILES string of the molecule is C=C(C)[C@@H]1CC[C@]2(NCCN3CCSCC3)CC[C@]3(C)[C@H](CC[C@@H]4[C@@]5(C)CC=C(C6=CCC(C(=O)OC(Cc7ccccc7)Oc7cccc(C#N)n7)CC6)C(C)(C)[C@@H]5CC[C@]43C)[C@@H]12. The lowest BCUT2D eigenvalue weighted by Crippen LogP contribution is -2.68. The average molecular weight is 885 g/mol. The van der Waals surface area contributed by atoms with Crippen LogP contribution in [0.3, 0.4) is 0 Å². The van der Waals surface area contributed by atoms with E-state index in [1.807, 2.05) is 30.3 Å². The van der Waals surface area contributed by atoms with E-state index in [9.17, 15) is 10.1 Å². The zero-order valence-corrected chi connectivity index (χ0v) is 40.7. The van der Waals surface area contributed by atoms with Gasteiger partial charge in [0.05, 0.1) is 5.92 Å². The summed E-state index contributed by atoms with van der Waals surface area (Å²) >= 11 is 2.11. The minimum atomic E-state index is -0.846. The van der Waals surface area contributed by atoms with E-state index in [4.69, 9.17) is 9.47 Å². The third-order valence-electron chi connectivity index (χ3n) is 19.3. The topological polar surface area (TPSA) is 87.5 Å². The molecule has 11 atom stereocenters. The van der Waals surface area contributed by atoms with Gasteiger partial charge in [0.2, 0.25) is 12.2 Å². The molecule has 1 saturated heterocycles. The van der Waals surface area contributed by atoms with Gasteiger partial charge < -0.3 is 19.7 Å². The Balaban J connectivity index is 0.895. The number of carbonyl (C=O) groups is 1. The third-order valence-corrected chi connectivity index (χ3v) is 20.3. The van der Waals surface area contributed by atoms with E-state index in [-0.39, 0.29) is 39.8 Å². The van der Waals surface area contributed by atoms with Gasteiger partial charge in [0, 0.05) is 55.7 Å². The Kier molecular flexibility index (Phi) is 12.9. The summed E-state index contributed by atoms with van der Waals surface area (Å²) in [5.41, 5.74) is 6.89. The summed E-state index contributed by atoms with van der Waals surface area (Å²) in [6, 6.07) is 17.1. The Morgan fingerprint density at radius 3 is 2.47 bits per heavy atom. The number of hydrogen-bond acceptors (Lipinski definition) is 8. The standard InChI is InChI=1S/C56H76N4O3S/c1-38(2)43-22-27-56(58-30-31-60-32-34-64-35-33-60)29-28-54(6)45(50(43)56)20-21-47-53(5)25-23-44(52(3,4)46(53)24-26-55(47,54)7)40-16-18-41(19-17-40)51(61)63-49(36-39-12-9-8-10-13-39)62-48-15-11-14-42(37-57)59-48/h8-16,23,41,43,45-47,49-50,58H,1,17-22,24-36H2,2-7H3/t41?,43-,45+,46-,47+,49?,50+,53-,54+,55+,56-/m0/s1. The highest BCUT2D eigenvalue weighted by atomic mass is 32.2. The second-order valence-electron chi connectivity index (χ2n) is 22.6. The predicted octanol–water partition coefficient (Wildman–Crippen LogP) is 11.8. The molecule has 4 saturated carbocycles. The van der Waals surface area contributed by atoms with E-state index in [2.05, 4.69) is 93.3 Å². The predicted molar refractivity (Wildman–Crippen MR) is 260 cm³/mol. The van der Waals surface area contributed by atoms with Crippen molar-refractivity contribution in [2.45, 2.75) is 137 Å². The van der Waals surface area contributed by atoms with E-state index >= 15 is 0 Å². The maximum absolute atomic E-state index is 13.8. The van der Waals surface area contributed by atoms with Crippen LogP contribution in [0.1, 0.15) is 130 Å². The van der Waals surface area contributed by atoms with Crippen LogP contribution in [0.5, 0.6) is 5.88 Å². The van der Waals surface area contributed by atoms with Gasteiger partial charge in [0.15, 0.2) is 0 Å². The van der Waals surface area contributed by atoms with Gasteiger partial charge in [-0.2, -0.15) is 17.0 Å². The Labute approximate surface area is 389 Å². The van der Waals surface area contributed by atoms with Crippen LogP contribution in [0, 0.1) is 68.5 Å². The molecule has 2 heterocycles. The number of hydrogen-bond donors (Lipinski definition) is 1. The highest BCUT2D eigenvalue weighted by Gasteiger charge is 2.70. The van der Waals surface area contributed by atoms with E-state index in [1.54, 1.807) is 18.2 Å². The Hall–Kier alpha value is -3.38. The Morgan fingerprint density at radius 2 is 1.73 bits per heavy atom. The Morgan fingerprint density at radius 1 is 0.938 bits per heavy atom. The average Bonchev–Trinajstić information content (AvgIpc) is 3.67. The summed E-state index contributed by atoms with van der Waals surface area (Å²) in [7, 11) is 0. The van der Waals surface area contributed by atoms with E-state index in [1.165, 1.54) is 99.2 Å². The molecule has 1 aromatic carbocycles. The smallest absolute Gasteiger partial charge is 0.312 e. The summed E-state index contributed by atoms with van der Waals surface area (Å²) in [4.78, 5) is 20.8. The van der Waals surface area contributed by atoms with Gasteiger partial charge in [-0.25, -0.2) is 4.98 Å². The molecule has 1 aromatic heterocycles. The van der Waals surface area contributed by atoms with Gasteiger partial charge in [-0.1, -0.05) is 95.3 Å². The minimum Gasteiger partial charge on any atom is -0.437 e. The Bertz CT molecular complexity index is 2160. The molecule has 0 amide bonds. The summed E-state index contributed by atoms with van der Waals surface area (Å²) < 4.78 is 12.3. The number of esters is 1. The first kappa shape index (κ1) is 45.8. The van der Waals surface area contributed by atoms with E-state index < -0.39 is 6.29 Å². The molecule has 2 unspecified atom stereocenters. The number of nitriles is 1. The summed E-state index contributed by atoms with van der Waals surface area (Å²) in [5, 5.41) is 13.8. The van der Waals surface area contributed by atoms with Crippen molar-refractivity contribution >= 4 is 17.7 Å². The number of fused-ring (bicyclic) bond motifs is 7. The maximum atomic E-state index is 13.8. The number of thioether (sulfide) groups is 1. The molecule has 7 aliphatic rings. The van der Waals surface area contributed by atoms with Gasteiger partial charge in [0.1, 0.15) is 11.8 Å². The molecule has 9 rings (SSSR count). The van der Waals surface area contributed by atoms with Crippen molar-refractivity contribution in [1.82, 2.24) is 15.2 Å². The van der Waals surface area contributed by atoms with Crippen LogP contribution < -0.4 is 10.1 Å². The fourth-order valence-corrected chi connectivity index (χ4v) is 17.0. The van der Waals surface area contributed by atoms with Crippen LogP contribution >= 0.6 is 11.8 Å². The molecule has 8 heteroatoms. The fourth-order valence-electron chi connectivity index (χ4n) is 16.0. The molecular weight excluding hydrogens is 809 g/mol. The molecule has 0 spiro atoms. The van der Waals surface area contributed by atoms with Crippen molar-refractivity contribution in [2.24, 2.45) is 57.2 Å². The zero-order chi connectivity index (χ0) is 44.9. The summed E-state index contributed by atoms with van der Waals surface area (Å²) in [6.07, 6.45) is 18.7. The van der Waals surface area contributed by atoms with Crippen molar-refractivity contribution in [3.05, 3.63) is 95.2 Å². The monoisotopic (exact) mass is 885 g/mol. The lowest BCUT2D eigenvalue weighted by molar-refractivity contribution is -0.221. The number of aromatic nitrogens is 1. The molecule has 1 aliphatic heterocycles. The van der Waals surface area contributed by atoms with Crippen LogP contribution in [0.2, 0.25) is 0 Å². The minimum absolute atomic E-state index is 0.0556. The van der Waals surface area contributed by atoms with Crippen molar-refractivity contribution in [2.75, 3.05) is 37.7 Å². The van der Waals surface area contributed by atoms with Crippen LogP contribution in [0.25, 0.3) is 0 Å². The molecule has 0 radical (unpaired) electrons. The van der Waals surface area contributed by atoms with Gasteiger partial charge >= 0.3 is 5.97 Å². The van der Waals surface area contributed by atoms with Gasteiger partial charge in [-0.3, -0.25) is 4.79 Å². The lowest BCUT2D eigenvalue weighted by atomic mass is 9.33. The summed E-state index contributed by atoms with van der Waals surface area (Å²) in [5.74, 6) is 5.79. The molecular formula is C56H76N4O3S. The van der Waals surface area contributed by atoms with Crippen molar-refractivity contribution < 1.29 is 14.3 Å². The van der Waals surface area contributed by atoms with Crippen molar-refractivity contribution in [3.63, 3.8) is 0 Å². The number of rotatable bonds is 12. The van der Waals surface area contributed by atoms with Crippen LogP contribution in [0.4, 0.5) is 0 Å². The first-order valence-electron chi connectivity index (χ1n) is 25.1. The van der Waals surface area contributed by atoms with E-state index in [0.29, 0.717) is 47.3 Å². The lowest BCUT2D eigenvalue weighted by Gasteiger charge is -2.72. The summed E-state index contributed by atoms with van der Waals surface area (Å²) in [6.45, 7) is 25.2. The zero-order valence-electron chi connectivity index (χ0n) is 39.9. The van der Waals surface area contributed by atoms with Crippen molar-refractivity contribution in [1.29, 1.82) is 5.26 Å². The quantitative estimate of drug-likeness (QED) is 0.128. The highest BCUT2D eigenvalue weighted by Crippen LogP contribution is 2.76. The number of ether oxygens (including phenoxy) is 2. The molecule has 344 valence electrons. The highest BCUT2D eigenvalue weighted by molar-refractivity contribution is 7.99. The molecule has 5 fully saturated rings. The van der Waals surface area contributed by atoms with Crippen LogP contribution in [-0.2, 0) is 16.0 Å². The number of nitrogens with zero attached hydrogens (tertiary/aromatic N) is 3. The largest absolute Gasteiger partial charge is 0.437 e. The number of nitrogens with one attached hydrogen (secondary N) is 1. The van der Waals surface area contributed by atoms with Gasteiger partial charge in [-0.05, 0) is 158 Å². The number of pyridine rings is 1. The van der Waals surface area contributed by atoms with E-state index in [0.717, 1.165) is 37.3 Å². The number of carbonyl (C=O) groups excluding carboxylic acids is 1. The number of benzene rings is 1. The fraction of sp³-hybridized carbons (Fsp3) is 0.661. The third kappa shape index (κ3) is 8.14. The second kappa shape index (κ2) is 18.0. The van der Waals surface area contributed by atoms with Crippen molar-refractivity contribution in [3.8, 4) is 11.9 Å². The van der Waals surface area contributed by atoms with Crippen LogP contribution in [0.15, 0.2) is 84.0 Å². The molecule has 2 aromatic rings. The van der Waals surface area contributed by atoms with Gasteiger partial charge in [-0.15, -0.1) is 0 Å². The molecule has 6 aliphatic carbocycles. The maximum Gasteiger partial charge on any atom is 0.312 e. The molecule has 7 nitrogen and oxygen atoms in total. The first-order chi connectivity index (χ1) is 30.7. The second-order valence-corrected chi connectivity index (χ2v) is 23.8.